The molecule has 1 amide bonds. The number of hydrogen-bond acceptors (Lipinski definition) is 3. The minimum absolute atomic E-state index is 0.230. The molecule has 2 heterocycles. The summed E-state index contributed by atoms with van der Waals surface area (Å²) in [6.45, 7) is 2.56. The van der Waals surface area contributed by atoms with Crippen molar-refractivity contribution in [1.82, 2.24) is 9.38 Å². The third-order valence-corrected chi connectivity index (χ3v) is 3.26. The van der Waals surface area contributed by atoms with Gasteiger partial charge in [0.1, 0.15) is 11.3 Å². The predicted octanol–water partition coefficient (Wildman–Crippen LogP) is 3.59. The van der Waals surface area contributed by atoms with Gasteiger partial charge in [0.25, 0.3) is 5.91 Å². The van der Waals surface area contributed by atoms with E-state index in [0.717, 1.165) is 16.9 Å². The first-order chi connectivity index (χ1) is 11.3. The van der Waals surface area contributed by atoms with Crippen molar-refractivity contribution in [3.8, 4) is 0 Å². The van der Waals surface area contributed by atoms with E-state index >= 15 is 0 Å². The van der Waals surface area contributed by atoms with Crippen LogP contribution in [0.2, 0.25) is 0 Å². The molecule has 5 heteroatoms. The number of hydrogen-bond donors (Lipinski definition) is 1. The van der Waals surface area contributed by atoms with Crippen LogP contribution in [0.5, 0.6) is 0 Å². The minimum atomic E-state index is -0.230. The number of amides is 1. The summed E-state index contributed by atoms with van der Waals surface area (Å²) < 4.78 is 7.01. The van der Waals surface area contributed by atoms with E-state index in [1.165, 1.54) is 0 Å². The van der Waals surface area contributed by atoms with E-state index in [2.05, 4.69) is 10.3 Å². The topological polar surface area (TPSA) is 55.6 Å². The molecule has 0 saturated carbocycles. The Kier molecular flexibility index (Phi) is 4.38. The standard InChI is InChI=1S/C18H17N3O2/c1-2-23-11-10-14-8-9-17-20-16(13-21(17)12-14)18(22)19-15-6-4-3-5-7-15/h3-13H,2H2,1H3,(H,19,22)/b11-10+. The van der Waals surface area contributed by atoms with E-state index < -0.39 is 0 Å². The van der Waals surface area contributed by atoms with Gasteiger partial charge in [-0.25, -0.2) is 4.98 Å². The van der Waals surface area contributed by atoms with Crippen LogP contribution in [0.15, 0.2) is 61.1 Å². The van der Waals surface area contributed by atoms with Crippen LogP contribution in [0.25, 0.3) is 11.7 Å². The highest BCUT2D eigenvalue weighted by molar-refractivity contribution is 6.03. The van der Waals surface area contributed by atoms with Gasteiger partial charge in [-0.05, 0) is 42.8 Å². The normalized spacial score (nSPS) is 11.0. The van der Waals surface area contributed by atoms with E-state index in [1.807, 2.05) is 66.1 Å². The second-order valence-electron chi connectivity index (χ2n) is 4.93. The Balaban J connectivity index is 1.80. The fraction of sp³-hybridized carbons (Fsp3) is 0.111. The molecule has 2 aromatic heterocycles. The van der Waals surface area contributed by atoms with Gasteiger partial charge in [-0.15, -0.1) is 0 Å². The van der Waals surface area contributed by atoms with Crippen molar-refractivity contribution in [3.63, 3.8) is 0 Å². The first-order valence-electron chi connectivity index (χ1n) is 7.39. The number of ether oxygens (including phenoxy) is 1. The highest BCUT2D eigenvalue weighted by Crippen LogP contribution is 2.12. The van der Waals surface area contributed by atoms with Gasteiger partial charge in [-0.1, -0.05) is 18.2 Å². The average molecular weight is 307 g/mol. The molecule has 0 fully saturated rings. The molecule has 116 valence electrons. The summed E-state index contributed by atoms with van der Waals surface area (Å²) in [6, 6.07) is 13.1. The largest absolute Gasteiger partial charge is 0.501 e. The number of carbonyl (C=O) groups is 1. The van der Waals surface area contributed by atoms with Crippen molar-refractivity contribution in [2.24, 2.45) is 0 Å². The molecule has 0 unspecified atom stereocenters. The van der Waals surface area contributed by atoms with Crippen LogP contribution >= 0.6 is 0 Å². The monoisotopic (exact) mass is 307 g/mol. The number of imidazole rings is 1. The first kappa shape index (κ1) is 14.8. The summed E-state index contributed by atoms with van der Waals surface area (Å²) in [5, 5.41) is 2.83. The number of carbonyl (C=O) groups excluding carboxylic acids is 1. The van der Waals surface area contributed by atoms with Crippen LogP contribution in [0.3, 0.4) is 0 Å². The molecule has 1 N–H and O–H groups in total. The van der Waals surface area contributed by atoms with Gasteiger partial charge in [0.2, 0.25) is 0 Å². The van der Waals surface area contributed by atoms with Gasteiger partial charge in [0.15, 0.2) is 0 Å². The molecule has 0 atom stereocenters. The number of nitrogens with one attached hydrogen (secondary N) is 1. The lowest BCUT2D eigenvalue weighted by Gasteiger charge is -2.01. The first-order valence-corrected chi connectivity index (χ1v) is 7.39. The molecular formula is C18H17N3O2. The molecule has 5 nitrogen and oxygen atoms in total. The quantitative estimate of drug-likeness (QED) is 0.733. The Morgan fingerprint density at radius 3 is 2.83 bits per heavy atom. The summed E-state index contributed by atoms with van der Waals surface area (Å²) in [4.78, 5) is 16.6. The van der Waals surface area contributed by atoms with Gasteiger partial charge in [-0.2, -0.15) is 0 Å². The third-order valence-electron chi connectivity index (χ3n) is 3.26. The molecule has 0 bridgehead atoms. The lowest BCUT2D eigenvalue weighted by Crippen LogP contribution is -2.11. The number of benzene rings is 1. The van der Waals surface area contributed by atoms with Crippen LogP contribution in [0.4, 0.5) is 5.69 Å². The second kappa shape index (κ2) is 6.79. The van der Waals surface area contributed by atoms with Crippen LogP contribution in [-0.2, 0) is 4.74 Å². The number of para-hydroxylation sites is 1. The number of anilines is 1. The Hall–Kier alpha value is -3.08. The van der Waals surface area contributed by atoms with Gasteiger partial charge in [0.05, 0.1) is 12.9 Å². The summed E-state index contributed by atoms with van der Waals surface area (Å²) >= 11 is 0. The Morgan fingerprint density at radius 2 is 2.04 bits per heavy atom. The molecule has 0 aliphatic carbocycles. The van der Waals surface area contributed by atoms with Crippen molar-refractivity contribution in [2.75, 3.05) is 11.9 Å². The number of pyridine rings is 1. The zero-order valence-corrected chi connectivity index (χ0v) is 12.8. The van der Waals surface area contributed by atoms with Crippen molar-refractivity contribution >= 4 is 23.3 Å². The average Bonchev–Trinajstić information content (AvgIpc) is 2.99. The summed E-state index contributed by atoms with van der Waals surface area (Å²) in [5.74, 6) is -0.230. The van der Waals surface area contributed by atoms with Gasteiger partial charge in [0, 0.05) is 18.1 Å². The highest BCUT2D eigenvalue weighted by atomic mass is 16.5. The summed E-state index contributed by atoms with van der Waals surface area (Å²) in [6.07, 6.45) is 7.14. The minimum Gasteiger partial charge on any atom is -0.501 e. The maximum absolute atomic E-state index is 12.3. The maximum Gasteiger partial charge on any atom is 0.275 e. The van der Waals surface area contributed by atoms with Crippen molar-refractivity contribution in [1.29, 1.82) is 0 Å². The molecule has 3 aromatic rings. The van der Waals surface area contributed by atoms with Gasteiger partial charge >= 0.3 is 0 Å². The number of nitrogens with zero attached hydrogens (tertiary/aromatic N) is 2. The van der Waals surface area contributed by atoms with Gasteiger partial charge in [-0.3, -0.25) is 4.79 Å². The lowest BCUT2D eigenvalue weighted by molar-refractivity contribution is 0.102. The molecule has 0 saturated heterocycles. The van der Waals surface area contributed by atoms with Crippen LogP contribution in [-0.4, -0.2) is 21.9 Å². The van der Waals surface area contributed by atoms with E-state index in [0.29, 0.717) is 12.3 Å². The van der Waals surface area contributed by atoms with E-state index in [4.69, 9.17) is 4.74 Å². The van der Waals surface area contributed by atoms with Crippen LogP contribution in [0.1, 0.15) is 23.0 Å². The number of fused-ring (bicyclic) bond motifs is 1. The number of aromatic nitrogens is 2. The molecule has 0 spiro atoms. The highest BCUT2D eigenvalue weighted by Gasteiger charge is 2.10. The predicted molar refractivity (Wildman–Crippen MR) is 90.2 cm³/mol. The summed E-state index contributed by atoms with van der Waals surface area (Å²) in [7, 11) is 0. The fourth-order valence-electron chi connectivity index (χ4n) is 2.16. The van der Waals surface area contributed by atoms with Crippen LogP contribution in [0, 0.1) is 0 Å². The molecular weight excluding hydrogens is 290 g/mol. The third kappa shape index (κ3) is 3.58. The Morgan fingerprint density at radius 1 is 1.22 bits per heavy atom. The van der Waals surface area contributed by atoms with E-state index in [-0.39, 0.29) is 5.91 Å². The van der Waals surface area contributed by atoms with Crippen LogP contribution < -0.4 is 5.32 Å². The zero-order chi connectivity index (χ0) is 16.1. The number of rotatable bonds is 5. The smallest absolute Gasteiger partial charge is 0.275 e. The Labute approximate surface area is 134 Å². The van der Waals surface area contributed by atoms with Crippen molar-refractivity contribution < 1.29 is 9.53 Å². The van der Waals surface area contributed by atoms with E-state index in [1.54, 1.807) is 12.5 Å². The molecule has 0 aliphatic rings. The fourth-order valence-corrected chi connectivity index (χ4v) is 2.16. The SMILES string of the molecule is CCO/C=C/c1ccc2nc(C(=O)Nc3ccccc3)cn2c1. The zero-order valence-electron chi connectivity index (χ0n) is 12.8. The summed E-state index contributed by atoms with van der Waals surface area (Å²) in [5.41, 5.74) is 2.81. The van der Waals surface area contributed by atoms with E-state index in [9.17, 15) is 4.79 Å². The molecule has 23 heavy (non-hydrogen) atoms. The molecule has 0 radical (unpaired) electrons. The van der Waals surface area contributed by atoms with Crippen molar-refractivity contribution in [3.05, 3.63) is 72.4 Å². The second-order valence-corrected chi connectivity index (χ2v) is 4.93. The van der Waals surface area contributed by atoms with Crippen molar-refractivity contribution in [2.45, 2.75) is 6.92 Å². The lowest BCUT2D eigenvalue weighted by atomic mass is 10.3. The Bertz CT molecular complexity index is 838. The maximum atomic E-state index is 12.3. The molecule has 0 aliphatic heterocycles. The molecule has 3 rings (SSSR count). The van der Waals surface area contributed by atoms with Gasteiger partial charge < -0.3 is 14.5 Å². The molecule has 1 aromatic carbocycles.